The summed E-state index contributed by atoms with van der Waals surface area (Å²) in [6.45, 7) is 4.13. The Balaban J connectivity index is 1.95. The first-order valence-corrected chi connectivity index (χ1v) is 11.1. The number of aliphatic hydroxyl groups is 1. The van der Waals surface area contributed by atoms with Crippen LogP contribution in [0.3, 0.4) is 0 Å². The molecule has 1 unspecified atom stereocenters. The first-order valence-electron chi connectivity index (χ1n) is 10.8. The molecule has 4 rings (SSSR count). The minimum Gasteiger partial charge on any atom is -0.508 e. The highest BCUT2D eigenvalue weighted by Gasteiger charge is 2.47. The smallest absolute Gasteiger partial charge is 0.300 e. The molecular weight excluding hydrogens is 454 g/mol. The number of hydrogen-bond donors (Lipinski definition) is 2. The van der Waals surface area contributed by atoms with E-state index in [1.165, 1.54) is 30.2 Å². The van der Waals surface area contributed by atoms with Gasteiger partial charge in [-0.3, -0.25) is 14.5 Å². The number of amides is 1. The van der Waals surface area contributed by atoms with Crippen LogP contribution in [0.5, 0.6) is 11.5 Å². The first kappa shape index (κ1) is 23.4. The second-order valence-corrected chi connectivity index (χ2v) is 8.79. The molecule has 1 aliphatic rings. The number of ether oxygens (including phenoxy) is 1. The fourth-order valence-corrected chi connectivity index (χ4v) is 4.27. The monoisotopic (exact) mass is 477 g/mol. The number of aliphatic hydroxyl groups excluding tert-OH is 1. The van der Waals surface area contributed by atoms with Crippen molar-refractivity contribution in [3.05, 3.63) is 94.0 Å². The normalized spacial score (nSPS) is 17.4. The predicted molar refractivity (Wildman–Crippen MR) is 131 cm³/mol. The van der Waals surface area contributed by atoms with Gasteiger partial charge in [-0.1, -0.05) is 49.7 Å². The Bertz CT molecular complexity index is 1280. The van der Waals surface area contributed by atoms with Crippen molar-refractivity contribution >= 4 is 34.7 Å². The third kappa shape index (κ3) is 4.13. The van der Waals surface area contributed by atoms with Gasteiger partial charge in [0.15, 0.2) is 0 Å². The Kier molecular flexibility index (Phi) is 6.35. The summed E-state index contributed by atoms with van der Waals surface area (Å²) < 4.78 is 5.35. The van der Waals surface area contributed by atoms with Gasteiger partial charge in [0.2, 0.25) is 0 Å². The fraction of sp³-hybridized carbons (Fsp3) is 0.185. The van der Waals surface area contributed by atoms with Crippen molar-refractivity contribution in [2.24, 2.45) is 0 Å². The lowest BCUT2D eigenvalue weighted by Crippen LogP contribution is -2.29. The maximum absolute atomic E-state index is 13.3. The van der Waals surface area contributed by atoms with Gasteiger partial charge >= 0.3 is 0 Å². The topological polar surface area (TPSA) is 87.1 Å². The Hall–Kier alpha value is -3.77. The highest BCUT2D eigenvalue weighted by molar-refractivity contribution is 6.51. The van der Waals surface area contributed by atoms with Gasteiger partial charge in [-0.25, -0.2) is 0 Å². The summed E-state index contributed by atoms with van der Waals surface area (Å²) in [5.41, 5.74) is 2.26. The maximum Gasteiger partial charge on any atom is 0.300 e. The Labute approximate surface area is 202 Å². The van der Waals surface area contributed by atoms with E-state index in [0.29, 0.717) is 27.9 Å². The van der Waals surface area contributed by atoms with E-state index < -0.39 is 23.5 Å². The van der Waals surface area contributed by atoms with Gasteiger partial charge in [0.05, 0.1) is 24.3 Å². The maximum atomic E-state index is 13.3. The molecule has 0 aliphatic carbocycles. The van der Waals surface area contributed by atoms with Crippen LogP contribution in [0.2, 0.25) is 5.02 Å². The largest absolute Gasteiger partial charge is 0.508 e. The van der Waals surface area contributed by atoms with E-state index >= 15 is 0 Å². The summed E-state index contributed by atoms with van der Waals surface area (Å²) in [6.07, 6.45) is 0. The molecule has 174 valence electrons. The molecule has 1 atom stereocenters. The molecule has 7 heteroatoms. The minimum absolute atomic E-state index is 0.0403. The summed E-state index contributed by atoms with van der Waals surface area (Å²) >= 11 is 6.15. The molecule has 0 bridgehead atoms. The van der Waals surface area contributed by atoms with Crippen LogP contribution in [0, 0.1) is 0 Å². The molecule has 3 aromatic rings. The number of ketones is 1. The number of carbonyl (C=O) groups excluding carboxylic acids is 2. The summed E-state index contributed by atoms with van der Waals surface area (Å²) in [6, 6.07) is 17.3. The van der Waals surface area contributed by atoms with Crippen LogP contribution in [-0.4, -0.2) is 29.0 Å². The highest BCUT2D eigenvalue weighted by atomic mass is 35.5. The predicted octanol–water partition coefficient (Wildman–Crippen LogP) is 5.80. The zero-order valence-electron chi connectivity index (χ0n) is 18.9. The molecule has 0 spiro atoms. The zero-order chi connectivity index (χ0) is 24.6. The van der Waals surface area contributed by atoms with Gasteiger partial charge in [0, 0.05) is 10.7 Å². The molecule has 0 saturated carbocycles. The lowest BCUT2D eigenvalue weighted by Gasteiger charge is -2.26. The summed E-state index contributed by atoms with van der Waals surface area (Å²) in [4.78, 5) is 27.9. The van der Waals surface area contributed by atoms with Gasteiger partial charge in [-0.05, 0) is 59.5 Å². The number of carbonyl (C=O) groups is 2. The Morgan fingerprint density at radius 1 is 1.00 bits per heavy atom. The SMILES string of the molecule is COc1ccc(Cl)cc1/C(O)=C1\C(=O)C(=O)N(c2ccc(C(C)C)cc2)C1c1ccc(O)cc1. The number of Topliss-reactive ketones (excluding diaryl/α,β-unsaturated/α-hetero) is 1. The molecule has 0 radical (unpaired) electrons. The third-order valence-corrected chi connectivity index (χ3v) is 6.14. The number of benzene rings is 3. The van der Waals surface area contributed by atoms with Crippen molar-refractivity contribution in [1.82, 2.24) is 0 Å². The van der Waals surface area contributed by atoms with E-state index in [1.807, 2.05) is 12.1 Å². The van der Waals surface area contributed by atoms with Gasteiger partial charge in [0.1, 0.15) is 17.3 Å². The van der Waals surface area contributed by atoms with Crippen LogP contribution < -0.4 is 9.64 Å². The van der Waals surface area contributed by atoms with E-state index in [0.717, 1.165) is 5.56 Å². The number of methoxy groups -OCH3 is 1. The molecule has 34 heavy (non-hydrogen) atoms. The van der Waals surface area contributed by atoms with Gasteiger partial charge in [-0.2, -0.15) is 0 Å². The Morgan fingerprint density at radius 2 is 1.65 bits per heavy atom. The molecular formula is C27H24ClNO5. The number of hydrogen-bond acceptors (Lipinski definition) is 5. The zero-order valence-corrected chi connectivity index (χ0v) is 19.7. The van der Waals surface area contributed by atoms with Crippen molar-refractivity contribution in [3.63, 3.8) is 0 Å². The van der Waals surface area contributed by atoms with E-state index in [2.05, 4.69) is 13.8 Å². The van der Waals surface area contributed by atoms with Crippen LogP contribution in [-0.2, 0) is 9.59 Å². The molecule has 1 saturated heterocycles. The molecule has 1 fully saturated rings. The number of anilines is 1. The van der Waals surface area contributed by atoms with Gasteiger partial charge in [0.25, 0.3) is 11.7 Å². The van der Waals surface area contributed by atoms with Crippen molar-refractivity contribution in [2.45, 2.75) is 25.8 Å². The average Bonchev–Trinajstić information content (AvgIpc) is 3.09. The van der Waals surface area contributed by atoms with Crippen molar-refractivity contribution in [3.8, 4) is 11.5 Å². The van der Waals surface area contributed by atoms with Crippen LogP contribution in [0.15, 0.2) is 72.3 Å². The number of aromatic hydroxyl groups is 1. The number of nitrogens with zero attached hydrogens (tertiary/aromatic N) is 1. The van der Waals surface area contributed by atoms with Crippen LogP contribution >= 0.6 is 11.6 Å². The van der Waals surface area contributed by atoms with Gasteiger partial charge < -0.3 is 14.9 Å². The second kappa shape index (κ2) is 9.23. The van der Waals surface area contributed by atoms with Crippen LogP contribution in [0.1, 0.15) is 42.5 Å². The molecule has 0 aromatic heterocycles. The van der Waals surface area contributed by atoms with Crippen LogP contribution in [0.25, 0.3) is 5.76 Å². The van der Waals surface area contributed by atoms with E-state index in [1.54, 1.807) is 36.4 Å². The summed E-state index contributed by atoms with van der Waals surface area (Å²) in [7, 11) is 1.44. The first-order chi connectivity index (χ1) is 16.2. The standard InChI is InChI=1S/C27H24ClNO5/c1-15(2)16-4-9-19(10-5-16)29-24(17-6-11-20(30)12-7-17)23(26(32)27(29)33)25(31)21-14-18(28)8-13-22(21)34-3/h4-15,24,30-31H,1-3H3/b25-23+. The van der Waals surface area contributed by atoms with Crippen molar-refractivity contribution in [2.75, 3.05) is 12.0 Å². The van der Waals surface area contributed by atoms with Crippen molar-refractivity contribution in [1.29, 1.82) is 0 Å². The fourth-order valence-electron chi connectivity index (χ4n) is 4.10. The number of phenols is 1. The average molecular weight is 478 g/mol. The highest BCUT2D eigenvalue weighted by Crippen LogP contribution is 2.44. The van der Waals surface area contributed by atoms with E-state index in [9.17, 15) is 19.8 Å². The lowest BCUT2D eigenvalue weighted by molar-refractivity contribution is -0.132. The molecule has 1 amide bonds. The third-order valence-electron chi connectivity index (χ3n) is 5.91. The quantitative estimate of drug-likeness (QED) is 0.275. The van der Waals surface area contributed by atoms with Gasteiger partial charge in [-0.15, -0.1) is 0 Å². The second-order valence-electron chi connectivity index (χ2n) is 8.35. The summed E-state index contributed by atoms with van der Waals surface area (Å²) in [5, 5.41) is 21.4. The molecule has 2 N–H and O–H groups in total. The molecule has 1 aliphatic heterocycles. The Morgan fingerprint density at radius 3 is 2.24 bits per heavy atom. The molecule has 3 aromatic carbocycles. The molecule has 6 nitrogen and oxygen atoms in total. The lowest BCUT2D eigenvalue weighted by atomic mass is 9.94. The number of rotatable bonds is 5. The van der Waals surface area contributed by atoms with E-state index in [-0.39, 0.29) is 16.9 Å². The summed E-state index contributed by atoms with van der Waals surface area (Å²) in [5.74, 6) is -1.34. The van der Waals surface area contributed by atoms with E-state index in [4.69, 9.17) is 16.3 Å². The van der Waals surface area contributed by atoms with Crippen molar-refractivity contribution < 1.29 is 24.5 Å². The number of phenolic OH excluding ortho intramolecular Hbond substituents is 1. The minimum atomic E-state index is -0.922. The number of halogens is 1. The van der Waals surface area contributed by atoms with Crippen LogP contribution in [0.4, 0.5) is 5.69 Å². The molecule has 1 heterocycles.